The first-order chi connectivity index (χ1) is 26.4. The third kappa shape index (κ3) is 7.59. The van der Waals surface area contributed by atoms with Gasteiger partial charge in [0.2, 0.25) is 0 Å². The molecule has 0 saturated heterocycles. The number of aryl methyl sites for hydroxylation is 2. The van der Waals surface area contributed by atoms with Crippen molar-refractivity contribution < 1.29 is 31.4 Å². The molecule has 4 aromatic heterocycles. The van der Waals surface area contributed by atoms with E-state index < -0.39 is 26.7 Å². The molecule has 4 aromatic carbocycles. The summed E-state index contributed by atoms with van der Waals surface area (Å²) in [5.74, 6) is 0.798. The van der Waals surface area contributed by atoms with E-state index in [4.69, 9.17) is 16.3 Å². The van der Waals surface area contributed by atoms with E-state index in [0.29, 0.717) is 16.8 Å². The molecule has 0 spiro atoms. The van der Waals surface area contributed by atoms with Crippen molar-refractivity contribution in [2.24, 2.45) is 5.41 Å². The average Bonchev–Trinajstić information content (AvgIpc) is 3.74. The van der Waals surface area contributed by atoms with Crippen LogP contribution in [-0.4, -0.2) is 27.6 Å². The third-order valence-electron chi connectivity index (χ3n) is 8.63. The Morgan fingerprint density at radius 3 is 2.38 bits per heavy atom. The Morgan fingerprint density at radius 2 is 1.67 bits per heavy atom. The number of hydrogen-bond donors (Lipinski definition) is 0. The van der Waals surface area contributed by atoms with Gasteiger partial charge in [0.15, 0.2) is 0 Å². The molecule has 0 N–H and O–H groups in total. The van der Waals surface area contributed by atoms with E-state index in [1.54, 1.807) is 24.5 Å². The summed E-state index contributed by atoms with van der Waals surface area (Å²) in [6.45, 7) is 12.1. The topological polar surface area (TPSA) is 56.7 Å². The van der Waals surface area contributed by atoms with Gasteiger partial charge in [-0.2, -0.15) is 0 Å². The quantitative estimate of drug-likeness (QED) is 0.128. The average molecular weight is 882 g/mol. The largest absolute Gasteiger partial charge is 0.501 e. The van der Waals surface area contributed by atoms with Crippen molar-refractivity contribution in [2.45, 2.75) is 60.6 Å². The fourth-order valence-corrected chi connectivity index (χ4v) is 7.72. The van der Waals surface area contributed by atoms with Gasteiger partial charge in [0.05, 0.1) is 36.2 Å². The number of imidazole rings is 1. The SMILES string of the molecule is Cc1nccc2nc(-c3[c-]ccc4c3oc3ccccc34)n(-c3ccccc3)c12.[2H]C([2H])([2H])c1c[c-]c(-c2cc(C([2H])([2H])C(C)(C)C)c([Si](C)(C)C)cn2)cc1.[Ir]. The molecular weight excluding hydrogens is 833 g/mol. The van der Waals surface area contributed by atoms with Crippen LogP contribution >= 0.6 is 0 Å². The van der Waals surface area contributed by atoms with Crippen molar-refractivity contribution in [3.8, 4) is 28.3 Å². The number of nitrogens with zero attached hydrogens (tertiary/aromatic N) is 4. The van der Waals surface area contributed by atoms with E-state index in [-0.39, 0.29) is 25.7 Å². The number of rotatable bonds is 5. The molecule has 4 heterocycles. The van der Waals surface area contributed by atoms with Crippen LogP contribution in [0, 0.1) is 31.3 Å². The summed E-state index contributed by atoms with van der Waals surface area (Å²) in [5.41, 5.74) is 7.97. The van der Waals surface area contributed by atoms with Gasteiger partial charge < -0.3 is 14.0 Å². The Labute approximate surface area is 328 Å². The second-order valence-corrected chi connectivity index (χ2v) is 19.8. The smallest absolute Gasteiger partial charge is 0.120 e. The third-order valence-corrected chi connectivity index (χ3v) is 10.6. The standard InChI is InChI=1S/C25H16N3O.C20H28NSi.Ir/c1-16-23-21(14-15-26-16)27-25(28(23)17-8-3-2-4-9-17)20-12-7-11-19-18-10-5-6-13-22(18)29-24(19)20;1-15-8-10-16(11-9-15)18-12-17(13-20(2,3)4)19(14-21-18)22(5,6)7;/h2-11,13-15H,1H3;8-10,12,14H,13H2,1-7H3;/q2*-1;/i;1D3,13D2;. The molecule has 0 aliphatic heterocycles. The van der Waals surface area contributed by atoms with Crippen LogP contribution in [0.15, 0.2) is 114 Å². The second kappa shape index (κ2) is 14.7. The summed E-state index contributed by atoms with van der Waals surface area (Å²) >= 11 is 0. The number of para-hydroxylation sites is 2. The molecule has 0 atom stereocenters. The van der Waals surface area contributed by atoms with Crippen molar-refractivity contribution in [3.63, 3.8) is 0 Å². The minimum Gasteiger partial charge on any atom is -0.501 e. The maximum Gasteiger partial charge on any atom is 0.120 e. The molecule has 52 heavy (non-hydrogen) atoms. The molecule has 0 saturated carbocycles. The number of benzene rings is 4. The minimum atomic E-state index is -2.17. The summed E-state index contributed by atoms with van der Waals surface area (Å²) in [7, 11) is -1.81. The molecule has 1 radical (unpaired) electrons. The normalized spacial score (nSPS) is 13.7. The zero-order chi connectivity index (χ0) is 40.2. The predicted octanol–water partition coefficient (Wildman–Crippen LogP) is 11.1. The van der Waals surface area contributed by atoms with Gasteiger partial charge in [-0.05, 0) is 53.9 Å². The zero-order valence-electron chi connectivity index (χ0n) is 35.4. The number of pyridine rings is 2. The van der Waals surface area contributed by atoms with E-state index in [9.17, 15) is 0 Å². The van der Waals surface area contributed by atoms with Crippen LogP contribution in [0.1, 0.15) is 44.4 Å². The number of hydrogen-bond acceptors (Lipinski definition) is 4. The van der Waals surface area contributed by atoms with Gasteiger partial charge in [-0.3, -0.25) is 9.97 Å². The van der Waals surface area contributed by atoms with Crippen LogP contribution in [0.4, 0.5) is 0 Å². The van der Waals surface area contributed by atoms with Crippen LogP contribution < -0.4 is 5.19 Å². The molecular formula is C45H44IrN4OSi-2. The summed E-state index contributed by atoms with van der Waals surface area (Å²) in [4.78, 5) is 14.0. The summed E-state index contributed by atoms with van der Waals surface area (Å²) in [6, 6.07) is 37.2. The van der Waals surface area contributed by atoms with E-state index in [2.05, 4.69) is 64.5 Å². The van der Waals surface area contributed by atoms with Gasteiger partial charge in [0.1, 0.15) is 5.58 Å². The van der Waals surface area contributed by atoms with Gasteiger partial charge in [-0.1, -0.05) is 106 Å². The van der Waals surface area contributed by atoms with Crippen molar-refractivity contribution in [3.05, 3.63) is 138 Å². The predicted molar refractivity (Wildman–Crippen MR) is 215 cm³/mol. The first kappa shape index (κ1) is 30.9. The molecule has 0 bridgehead atoms. The van der Waals surface area contributed by atoms with Gasteiger partial charge in [0.25, 0.3) is 0 Å². The van der Waals surface area contributed by atoms with Crippen LogP contribution in [0.5, 0.6) is 0 Å². The van der Waals surface area contributed by atoms with Crippen molar-refractivity contribution in [1.82, 2.24) is 19.5 Å². The minimum absolute atomic E-state index is 0. The van der Waals surface area contributed by atoms with Crippen molar-refractivity contribution in [1.29, 1.82) is 0 Å². The monoisotopic (exact) mass is 882 g/mol. The molecule has 265 valence electrons. The Kier molecular flexibility index (Phi) is 8.76. The Morgan fingerprint density at radius 1 is 0.904 bits per heavy atom. The Hall–Kier alpha value is -4.68. The van der Waals surface area contributed by atoms with E-state index in [1.165, 1.54) is 6.07 Å². The number of fused-ring (bicyclic) bond motifs is 4. The van der Waals surface area contributed by atoms with E-state index in [1.807, 2.05) is 88.4 Å². The Balaban J connectivity index is 0.000000190. The second-order valence-electron chi connectivity index (χ2n) is 14.8. The molecule has 0 aliphatic rings. The molecule has 8 rings (SSSR count). The van der Waals surface area contributed by atoms with Gasteiger partial charge >= 0.3 is 0 Å². The van der Waals surface area contributed by atoms with Gasteiger partial charge in [-0.25, -0.2) is 0 Å². The van der Waals surface area contributed by atoms with Crippen LogP contribution in [0.3, 0.4) is 0 Å². The molecule has 8 aromatic rings. The van der Waals surface area contributed by atoms with Gasteiger partial charge in [-0.15, -0.1) is 53.6 Å². The van der Waals surface area contributed by atoms with Crippen LogP contribution in [0.25, 0.3) is 61.3 Å². The summed E-state index contributed by atoms with van der Waals surface area (Å²) in [6.07, 6.45) is 2.07. The number of aromatic nitrogens is 4. The van der Waals surface area contributed by atoms with E-state index >= 15 is 0 Å². The molecule has 7 heteroatoms. The first-order valence-corrected chi connectivity index (χ1v) is 20.6. The Bertz CT molecular complexity index is 2690. The van der Waals surface area contributed by atoms with Crippen molar-refractivity contribution >= 4 is 46.2 Å². The van der Waals surface area contributed by atoms with Crippen LogP contribution in [-0.2, 0) is 26.5 Å². The molecule has 5 nitrogen and oxygen atoms in total. The molecule has 0 amide bonds. The maximum absolute atomic E-state index is 8.79. The molecule has 0 unspecified atom stereocenters. The van der Waals surface area contributed by atoms with Crippen LogP contribution in [0.2, 0.25) is 19.6 Å². The zero-order valence-corrected chi connectivity index (χ0v) is 33.8. The van der Waals surface area contributed by atoms with Gasteiger partial charge in [0, 0.05) is 50.4 Å². The maximum atomic E-state index is 8.79. The van der Waals surface area contributed by atoms with Crippen molar-refractivity contribution in [2.75, 3.05) is 0 Å². The first-order valence-electron chi connectivity index (χ1n) is 19.6. The summed E-state index contributed by atoms with van der Waals surface area (Å²) in [5, 5.41) is 3.17. The fraction of sp³-hybridized carbons (Fsp3) is 0.222. The molecule has 0 fully saturated rings. The summed E-state index contributed by atoms with van der Waals surface area (Å²) < 4.78 is 48.4. The van der Waals surface area contributed by atoms with E-state index in [0.717, 1.165) is 60.9 Å². The fourth-order valence-electron chi connectivity index (χ4n) is 6.33. The number of furan rings is 1. The molecule has 0 aliphatic carbocycles.